The molecule has 1 aromatic rings. The van der Waals surface area contributed by atoms with Crippen LogP contribution in [0, 0.1) is 0 Å². The minimum absolute atomic E-state index is 0. The molecule has 6 heteroatoms. The van der Waals surface area contributed by atoms with Gasteiger partial charge in [0.05, 0.1) is 13.0 Å². The van der Waals surface area contributed by atoms with Gasteiger partial charge in [-0.15, -0.1) is 12.4 Å². The maximum Gasteiger partial charge on any atom is 0.242 e. The molecule has 1 aromatic carbocycles. The second kappa shape index (κ2) is 6.35. The standard InChI is InChI=1S/C15H19N3O2.ClH/c16-12-3-1-11(2-4-12)9-14(19)17-7-8-18(13-5-6-13)15(20)10-17;/h1-4,13H,5-10,16H2;1H. The lowest BCUT2D eigenvalue weighted by atomic mass is 10.1. The van der Waals surface area contributed by atoms with Crippen LogP contribution in [0.25, 0.3) is 0 Å². The van der Waals surface area contributed by atoms with Gasteiger partial charge in [-0.3, -0.25) is 9.59 Å². The van der Waals surface area contributed by atoms with E-state index < -0.39 is 0 Å². The van der Waals surface area contributed by atoms with Gasteiger partial charge in [-0.2, -0.15) is 0 Å². The van der Waals surface area contributed by atoms with Crippen molar-refractivity contribution in [1.82, 2.24) is 9.80 Å². The second-order valence-corrected chi connectivity index (χ2v) is 5.55. The van der Waals surface area contributed by atoms with Crippen molar-refractivity contribution < 1.29 is 9.59 Å². The van der Waals surface area contributed by atoms with Crippen LogP contribution in [0.4, 0.5) is 5.69 Å². The Hall–Kier alpha value is -1.75. The summed E-state index contributed by atoms with van der Waals surface area (Å²) < 4.78 is 0. The first-order valence-corrected chi connectivity index (χ1v) is 7.05. The van der Waals surface area contributed by atoms with Crippen molar-refractivity contribution in [2.75, 3.05) is 25.4 Å². The molecule has 114 valence electrons. The number of amides is 2. The van der Waals surface area contributed by atoms with Gasteiger partial charge in [0.2, 0.25) is 11.8 Å². The maximum absolute atomic E-state index is 12.2. The minimum atomic E-state index is 0. The highest BCUT2D eigenvalue weighted by atomic mass is 35.5. The van der Waals surface area contributed by atoms with Gasteiger partial charge in [0, 0.05) is 24.8 Å². The number of nitrogens with two attached hydrogens (primary N) is 1. The Morgan fingerprint density at radius 2 is 1.86 bits per heavy atom. The largest absolute Gasteiger partial charge is 0.399 e. The Labute approximate surface area is 130 Å². The van der Waals surface area contributed by atoms with Gasteiger partial charge in [0.25, 0.3) is 0 Å². The Kier molecular flexibility index (Phi) is 4.73. The van der Waals surface area contributed by atoms with E-state index in [1.165, 1.54) is 0 Å². The van der Waals surface area contributed by atoms with Crippen molar-refractivity contribution in [3.05, 3.63) is 29.8 Å². The molecule has 0 unspecified atom stereocenters. The zero-order valence-corrected chi connectivity index (χ0v) is 12.6. The fourth-order valence-electron chi connectivity index (χ4n) is 2.59. The third-order valence-electron chi connectivity index (χ3n) is 3.93. The summed E-state index contributed by atoms with van der Waals surface area (Å²) in [4.78, 5) is 27.8. The minimum Gasteiger partial charge on any atom is -0.399 e. The summed E-state index contributed by atoms with van der Waals surface area (Å²) in [5, 5.41) is 0. The highest BCUT2D eigenvalue weighted by molar-refractivity contribution is 5.87. The third-order valence-corrected chi connectivity index (χ3v) is 3.93. The normalized spacial score (nSPS) is 18.4. The first-order valence-electron chi connectivity index (χ1n) is 7.05. The van der Waals surface area contributed by atoms with Crippen LogP contribution in [0.1, 0.15) is 18.4 Å². The molecule has 1 aliphatic carbocycles. The highest BCUT2D eigenvalue weighted by Gasteiger charge is 2.36. The monoisotopic (exact) mass is 309 g/mol. The number of nitrogens with zero attached hydrogens (tertiary/aromatic N) is 2. The van der Waals surface area contributed by atoms with E-state index in [2.05, 4.69) is 0 Å². The molecule has 1 heterocycles. The van der Waals surface area contributed by atoms with Gasteiger partial charge in [0.1, 0.15) is 0 Å². The lowest BCUT2D eigenvalue weighted by Crippen LogP contribution is -2.53. The van der Waals surface area contributed by atoms with E-state index in [-0.39, 0.29) is 30.8 Å². The van der Waals surface area contributed by atoms with Gasteiger partial charge in [-0.1, -0.05) is 12.1 Å². The number of hydrogen-bond acceptors (Lipinski definition) is 3. The average Bonchev–Trinajstić information content (AvgIpc) is 3.25. The lowest BCUT2D eigenvalue weighted by molar-refractivity contribution is -0.145. The predicted octanol–water partition coefficient (Wildman–Crippen LogP) is 1.07. The number of carbonyl (C=O) groups excluding carboxylic acids is 2. The summed E-state index contributed by atoms with van der Waals surface area (Å²) in [5.74, 6) is 0.1000. The second-order valence-electron chi connectivity index (χ2n) is 5.55. The van der Waals surface area contributed by atoms with Crippen LogP contribution in [0.5, 0.6) is 0 Å². The Bertz CT molecular complexity index is 528. The van der Waals surface area contributed by atoms with Gasteiger partial charge in [-0.05, 0) is 30.5 Å². The molecule has 1 saturated carbocycles. The number of hydrogen-bond donors (Lipinski definition) is 1. The first kappa shape index (κ1) is 15.6. The van der Waals surface area contributed by atoms with Crippen LogP contribution < -0.4 is 5.73 Å². The number of rotatable bonds is 3. The molecule has 0 radical (unpaired) electrons. The number of nitrogen functional groups attached to an aromatic ring is 1. The van der Waals surface area contributed by atoms with Crippen LogP contribution in [0.15, 0.2) is 24.3 Å². The van der Waals surface area contributed by atoms with Crippen molar-refractivity contribution in [1.29, 1.82) is 0 Å². The molecule has 1 aliphatic heterocycles. The first-order chi connectivity index (χ1) is 9.63. The molecule has 0 aromatic heterocycles. The fraction of sp³-hybridized carbons (Fsp3) is 0.467. The molecule has 0 atom stereocenters. The zero-order chi connectivity index (χ0) is 14.1. The molecule has 1 saturated heterocycles. The maximum atomic E-state index is 12.2. The molecule has 2 N–H and O–H groups in total. The van der Waals surface area contributed by atoms with Crippen molar-refractivity contribution in [3.8, 4) is 0 Å². The zero-order valence-electron chi connectivity index (χ0n) is 11.8. The van der Waals surface area contributed by atoms with E-state index in [4.69, 9.17) is 5.73 Å². The molecule has 21 heavy (non-hydrogen) atoms. The summed E-state index contributed by atoms with van der Waals surface area (Å²) in [6.45, 7) is 1.55. The molecule has 0 spiro atoms. The molecular formula is C15H20ClN3O2. The predicted molar refractivity (Wildman–Crippen MR) is 83.1 cm³/mol. The topological polar surface area (TPSA) is 66.6 Å². The number of benzene rings is 1. The quantitative estimate of drug-likeness (QED) is 0.849. The number of piperazine rings is 1. The van der Waals surface area contributed by atoms with Crippen LogP contribution in [-0.4, -0.2) is 47.3 Å². The fourth-order valence-corrected chi connectivity index (χ4v) is 2.59. The summed E-state index contributed by atoms with van der Waals surface area (Å²) in [7, 11) is 0. The molecule has 2 aliphatic rings. The van der Waals surface area contributed by atoms with Gasteiger partial charge < -0.3 is 15.5 Å². The van der Waals surface area contributed by atoms with Crippen LogP contribution >= 0.6 is 12.4 Å². The Morgan fingerprint density at radius 1 is 1.19 bits per heavy atom. The highest BCUT2D eigenvalue weighted by Crippen LogP contribution is 2.28. The van der Waals surface area contributed by atoms with E-state index in [9.17, 15) is 9.59 Å². The van der Waals surface area contributed by atoms with E-state index in [1.807, 2.05) is 17.0 Å². The molecular weight excluding hydrogens is 290 g/mol. The third kappa shape index (κ3) is 3.67. The van der Waals surface area contributed by atoms with E-state index in [0.717, 1.165) is 18.4 Å². The van der Waals surface area contributed by atoms with Crippen LogP contribution in [-0.2, 0) is 16.0 Å². The van der Waals surface area contributed by atoms with Gasteiger partial charge in [-0.25, -0.2) is 0 Å². The van der Waals surface area contributed by atoms with Crippen molar-refractivity contribution >= 4 is 29.9 Å². The van der Waals surface area contributed by atoms with Crippen molar-refractivity contribution in [2.24, 2.45) is 0 Å². The SMILES string of the molecule is Cl.Nc1ccc(CC(=O)N2CCN(C3CC3)C(=O)C2)cc1. The van der Waals surface area contributed by atoms with Crippen molar-refractivity contribution in [3.63, 3.8) is 0 Å². The Morgan fingerprint density at radius 3 is 2.43 bits per heavy atom. The van der Waals surface area contributed by atoms with Crippen molar-refractivity contribution in [2.45, 2.75) is 25.3 Å². The lowest BCUT2D eigenvalue weighted by Gasteiger charge is -2.34. The van der Waals surface area contributed by atoms with E-state index >= 15 is 0 Å². The van der Waals surface area contributed by atoms with E-state index in [1.54, 1.807) is 17.0 Å². The molecule has 0 bridgehead atoms. The van der Waals surface area contributed by atoms with Gasteiger partial charge >= 0.3 is 0 Å². The number of anilines is 1. The molecule has 3 rings (SSSR count). The Balaban J connectivity index is 0.00000161. The van der Waals surface area contributed by atoms with E-state index in [0.29, 0.717) is 31.2 Å². The molecule has 5 nitrogen and oxygen atoms in total. The molecule has 2 amide bonds. The number of halogens is 1. The summed E-state index contributed by atoms with van der Waals surface area (Å²) in [6, 6.07) is 7.74. The summed E-state index contributed by atoms with van der Waals surface area (Å²) in [6.07, 6.45) is 2.56. The summed E-state index contributed by atoms with van der Waals surface area (Å²) >= 11 is 0. The molecule has 2 fully saturated rings. The summed E-state index contributed by atoms with van der Waals surface area (Å²) in [5.41, 5.74) is 7.24. The van der Waals surface area contributed by atoms with Crippen LogP contribution in [0.3, 0.4) is 0 Å². The smallest absolute Gasteiger partial charge is 0.242 e. The average molecular weight is 310 g/mol. The van der Waals surface area contributed by atoms with Crippen LogP contribution in [0.2, 0.25) is 0 Å². The van der Waals surface area contributed by atoms with Gasteiger partial charge in [0.15, 0.2) is 0 Å². The number of carbonyl (C=O) groups is 2.